The SMILES string of the molecule is CCN/C(=C\C(C)=N)C(=O)Nc1nc2cc(C(N)=O)cc(OC)c2n1C/C=C/Cn1c(NC(=O)/C(=C/C(C)=N)NCC)nc2cc(C(N)=O)cc(OCCCN3CCN(C(=O)CCCCC(C)O)CC3)c21. The van der Waals surface area contributed by atoms with E-state index in [1.165, 1.54) is 37.5 Å². The van der Waals surface area contributed by atoms with Crippen molar-refractivity contribution in [3.63, 3.8) is 0 Å². The number of carbonyl (C=O) groups is 5. The number of likely N-dealkylation sites (N-methyl/N-ethyl adjacent to an activating group) is 2. The number of imidazole rings is 2. The first kappa shape index (κ1) is 54.4. The zero-order valence-corrected chi connectivity index (χ0v) is 41.4. The number of aliphatic hydroxyl groups excluding tert-OH is 1. The van der Waals surface area contributed by atoms with Gasteiger partial charge in [-0.05, 0) is 90.3 Å². The van der Waals surface area contributed by atoms with Crippen molar-refractivity contribution >= 4 is 74.9 Å². The smallest absolute Gasteiger partial charge is 0.274 e. The molecule has 22 heteroatoms. The molecular weight excluding hydrogens is 913 g/mol. The van der Waals surface area contributed by atoms with Crippen LogP contribution in [0.3, 0.4) is 0 Å². The number of piperazine rings is 1. The minimum absolute atomic E-state index is 0.0923. The fraction of sp³-hybridized carbons (Fsp3) is 0.449. The summed E-state index contributed by atoms with van der Waals surface area (Å²) in [7, 11) is 1.43. The fourth-order valence-corrected chi connectivity index (χ4v) is 8.03. The second kappa shape index (κ2) is 25.9. The number of unbranched alkanes of at least 4 members (excludes halogenated alkanes) is 1. The van der Waals surface area contributed by atoms with Crippen molar-refractivity contribution in [2.75, 3.05) is 70.2 Å². The number of aromatic nitrogens is 4. The molecule has 1 atom stereocenters. The van der Waals surface area contributed by atoms with E-state index in [9.17, 15) is 29.1 Å². The summed E-state index contributed by atoms with van der Waals surface area (Å²) in [6.45, 7) is 13.1. The van der Waals surface area contributed by atoms with Gasteiger partial charge in [0.05, 0.1) is 30.9 Å². The molecule has 1 unspecified atom stereocenters. The molecular formula is C49H68N14O8. The number of nitrogens with one attached hydrogen (secondary N) is 6. The van der Waals surface area contributed by atoms with Gasteiger partial charge in [-0.2, -0.15) is 0 Å². The summed E-state index contributed by atoms with van der Waals surface area (Å²) in [5.74, 6) is -1.62. The van der Waals surface area contributed by atoms with Gasteiger partial charge in [-0.25, -0.2) is 9.97 Å². The Hall–Kier alpha value is -7.59. The molecule has 382 valence electrons. The second-order valence-corrected chi connectivity index (χ2v) is 17.2. The molecule has 71 heavy (non-hydrogen) atoms. The van der Waals surface area contributed by atoms with E-state index in [1.54, 1.807) is 48.1 Å². The van der Waals surface area contributed by atoms with Gasteiger partial charge < -0.3 is 61.5 Å². The number of benzene rings is 2. The van der Waals surface area contributed by atoms with E-state index in [0.717, 1.165) is 12.8 Å². The van der Waals surface area contributed by atoms with Crippen molar-refractivity contribution in [3.05, 3.63) is 71.1 Å². The molecule has 5 rings (SSSR count). The van der Waals surface area contributed by atoms with Crippen LogP contribution in [0.15, 0.2) is 60.0 Å². The second-order valence-electron chi connectivity index (χ2n) is 17.2. The lowest BCUT2D eigenvalue weighted by molar-refractivity contribution is -0.133. The van der Waals surface area contributed by atoms with E-state index in [2.05, 4.69) is 31.2 Å². The minimum atomic E-state index is -0.708. The predicted molar refractivity (Wildman–Crippen MR) is 273 cm³/mol. The molecule has 1 fully saturated rings. The van der Waals surface area contributed by atoms with E-state index in [4.69, 9.17) is 36.7 Å². The Labute approximate surface area is 412 Å². The normalized spacial score (nSPS) is 13.9. The van der Waals surface area contributed by atoms with Crippen molar-refractivity contribution in [2.45, 2.75) is 85.9 Å². The average molecular weight is 981 g/mol. The molecule has 1 saturated heterocycles. The lowest BCUT2D eigenvalue weighted by Gasteiger charge is -2.34. The molecule has 22 nitrogen and oxygen atoms in total. The van der Waals surface area contributed by atoms with Crippen molar-refractivity contribution in [3.8, 4) is 11.5 Å². The number of methoxy groups -OCH3 is 1. The number of nitrogens with zero attached hydrogens (tertiary/aromatic N) is 6. The highest BCUT2D eigenvalue weighted by atomic mass is 16.5. The number of nitrogens with two attached hydrogens (primary N) is 2. The van der Waals surface area contributed by atoms with Crippen LogP contribution in [0, 0.1) is 10.8 Å². The monoisotopic (exact) mass is 981 g/mol. The standard InChI is InChI=1S/C49H68N14O8/c1-7-54-37(24-30(3)50)46(68)58-48-56-35-26-33(44(52)66)28-39(70-6)42(35)62(48)17-11-12-18-63-43-36(57-49(63)59-47(69)38(55-8-2)25-31(4)51)27-34(45(53)67)29-40(43)71-23-13-16-60-19-21-61(22-20-60)41(65)15-10-9-14-32(5)64/h11-12,24-29,32,50-51,54-55,64H,7-10,13-23H2,1-6H3,(H2,52,66)(H2,53,67)(H,56,58,68)(H,57,59,69)/b12-11+,37-24-,38-25-,50-30?,51-31?. The van der Waals surface area contributed by atoms with Crippen LogP contribution < -0.4 is 42.2 Å². The minimum Gasteiger partial charge on any atom is -0.494 e. The van der Waals surface area contributed by atoms with Gasteiger partial charge in [0.15, 0.2) is 0 Å². The molecule has 1 aliphatic heterocycles. The topological polar surface area (TPSA) is 314 Å². The Bertz CT molecular complexity index is 2710. The average Bonchev–Trinajstić information content (AvgIpc) is 3.85. The van der Waals surface area contributed by atoms with Crippen LogP contribution in [0.5, 0.6) is 11.5 Å². The van der Waals surface area contributed by atoms with Gasteiger partial charge in [-0.15, -0.1) is 0 Å². The summed E-state index contributed by atoms with van der Waals surface area (Å²) in [5, 5.41) is 37.2. The molecule has 0 radical (unpaired) electrons. The van der Waals surface area contributed by atoms with Crippen LogP contribution in [-0.2, 0) is 27.5 Å². The van der Waals surface area contributed by atoms with Crippen molar-refractivity contribution < 1.29 is 38.6 Å². The van der Waals surface area contributed by atoms with Gasteiger partial charge in [-0.1, -0.05) is 18.6 Å². The molecule has 0 saturated carbocycles. The van der Waals surface area contributed by atoms with Gasteiger partial charge in [0.2, 0.25) is 29.6 Å². The van der Waals surface area contributed by atoms with Crippen LogP contribution in [0.2, 0.25) is 0 Å². The molecule has 3 heterocycles. The first-order valence-corrected chi connectivity index (χ1v) is 23.8. The van der Waals surface area contributed by atoms with E-state index in [0.29, 0.717) is 92.9 Å². The highest BCUT2D eigenvalue weighted by Gasteiger charge is 2.24. The van der Waals surface area contributed by atoms with Crippen molar-refractivity contribution in [2.24, 2.45) is 11.5 Å². The molecule has 0 bridgehead atoms. The van der Waals surface area contributed by atoms with E-state index >= 15 is 0 Å². The summed E-state index contributed by atoms with van der Waals surface area (Å²) >= 11 is 0. The zero-order valence-electron chi connectivity index (χ0n) is 41.4. The Morgan fingerprint density at radius 1 is 0.761 bits per heavy atom. The molecule has 2 aromatic carbocycles. The van der Waals surface area contributed by atoms with E-state index < -0.39 is 23.6 Å². The molecule has 11 N–H and O–H groups in total. The number of allylic oxidation sites excluding steroid dienone is 4. The van der Waals surface area contributed by atoms with Gasteiger partial charge in [0.25, 0.3) is 11.8 Å². The molecule has 0 aliphatic carbocycles. The third-order valence-corrected chi connectivity index (χ3v) is 11.4. The largest absolute Gasteiger partial charge is 0.494 e. The quantitative estimate of drug-likeness (QED) is 0.0179. The Morgan fingerprint density at radius 3 is 1.70 bits per heavy atom. The van der Waals surface area contributed by atoms with Crippen LogP contribution in [0.4, 0.5) is 11.9 Å². The number of primary amides is 2. The number of amides is 5. The molecule has 4 aromatic rings. The number of ether oxygens (including phenoxy) is 2. The number of rotatable bonds is 27. The van der Waals surface area contributed by atoms with Crippen LogP contribution in [0.25, 0.3) is 22.1 Å². The number of anilines is 2. The summed E-state index contributed by atoms with van der Waals surface area (Å²) in [4.78, 5) is 78.7. The van der Waals surface area contributed by atoms with Crippen molar-refractivity contribution in [1.82, 2.24) is 39.5 Å². The zero-order chi connectivity index (χ0) is 51.8. The molecule has 1 aliphatic rings. The number of hydrogen-bond acceptors (Lipinski definition) is 15. The molecule has 0 spiro atoms. The summed E-state index contributed by atoms with van der Waals surface area (Å²) in [5.41, 5.74) is 13.8. The van der Waals surface area contributed by atoms with Crippen LogP contribution in [0.1, 0.15) is 87.4 Å². The Balaban J connectivity index is 1.46. The first-order chi connectivity index (χ1) is 33.9. The van der Waals surface area contributed by atoms with Gasteiger partial charge in [-0.3, -0.25) is 39.5 Å². The maximum Gasteiger partial charge on any atom is 0.274 e. The Kier molecular flexibility index (Phi) is 19.8. The number of fused-ring (bicyclic) bond motifs is 2. The summed E-state index contributed by atoms with van der Waals surface area (Å²) < 4.78 is 15.5. The lowest BCUT2D eigenvalue weighted by atomic mass is 10.1. The molecule has 2 aromatic heterocycles. The number of hydrogen-bond donors (Lipinski definition) is 9. The highest BCUT2D eigenvalue weighted by molar-refractivity contribution is 6.09. The van der Waals surface area contributed by atoms with Gasteiger partial charge in [0, 0.05) is 87.9 Å². The fourth-order valence-electron chi connectivity index (χ4n) is 8.03. The number of aliphatic hydroxyl groups is 1. The summed E-state index contributed by atoms with van der Waals surface area (Å²) in [6, 6.07) is 6.05. The molecule has 5 amide bonds. The van der Waals surface area contributed by atoms with Gasteiger partial charge >= 0.3 is 0 Å². The van der Waals surface area contributed by atoms with Gasteiger partial charge in [0.1, 0.15) is 33.9 Å². The van der Waals surface area contributed by atoms with Crippen LogP contribution in [-0.4, -0.2) is 141 Å². The van der Waals surface area contributed by atoms with Crippen LogP contribution >= 0.6 is 0 Å². The number of carbonyl (C=O) groups excluding carboxylic acids is 5. The summed E-state index contributed by atoms with van der Waals surface area (Å²) in [6.07, 6.45) is 9.34. The lowest BCUT2D eigenvalue weighted by Crippen LogP contribution is -2.48. The maximum atomic E-state index is 13.8. The maximum absolute atomic E-state index is 13.8. The van der Waals surface area contributed by atoms with E-state index in [-0.39, 0.29) is 83.3 Å². The third-order valence-electron chi connectivity index (χ3n) is 11.4. The first-order valence-electron chi connectivity index (χ1n) is 23.8. The highest BCUT2D eigenvalue weighted by Crippen LogP contribution is 2.33. The Morgan fingerprint density at radius 2 is 1.25 bits per heavy atom. The van der Waals surface area contributed by atoms with Crippen molar-refractivity contribution in [1.29, 1.82) is 10.8 Å². The third kappa shape index (κ3) is 15.0. The predicted octanol–water partition coefficient (Wildman–Crippen LogP) is 3.65. The van der Waals surface area contributed by atoms with E-state index in [1.807, 2.05) is 18.7 Å².